The SMILES string of the molecule is CC(NS(=O)(=O)c1ccc(C#CCN)cc1)C(N)=O. The zero-order valence-corrected chi connectivity index (χ0v) is 11.2. The van der Waals surface area contributed by atoms with Gasteiger partial charge in [-0.25, -0.2) is 8.42 Å². The lowest BCUT2D eigenvalue weighted by atomic mass is 10.2. The third-order valence-electron chi connectivity index (χ3n) is 2.26. The number of benzene rings is 1. The quantitative estimate of drug-likeness (QED) is 0.623. The highest BCUT2D eigenvalue weighted by atomic mass is 32.2. The van der Waals surface area contributed by atoms with Crippen molar-refractivity contribution in [3.05, 3.63) is 29.8 Å². The van der Waals surface area contributed by atoms with E-state index in [-0.39, 0.29) is 11.4 Å². The molecule has 0 spiro atoms. The van der Waals surface area contributed by atoms with Gasteiger partial charge < -0.3 is 11.5 Å². The minimum atomic E-state index is -3.77. The molecule has 1 aromatic carbocycles. The zero-order valence-electron chi connectivity index (χ0n) is 10.4. The van der Waals surface area contributed by atoms with Crippen molar-refractivity contribution >= 4 is 15.9 Å². The van der Waals surface area contributed by atoms with Gasteiger partial charge in [-0.2, -0.15) is 4.72 Å². The molecular formula is C12H15N3O3S. The van der Waals surface area contributed by atoms with Gasteiger partial charge in [-0.05, 0) is 31.2 Å². The summed E-state index contributed by atoms with van der Waals surface area (Å²) in [6.45, 7) is 1.61. The molecule has 102 valence electrons. The average Bonchev–Trinajstić information content (AvgIpc) is 2.36. The average molecular weight is 281 g/mol. The predicted molar refractivity (Wildman–Crippen MR) is 71.4 cm³/mol. The predicted octanol–water partition coefficient (Wildman–Crippen LogP) is -0.851. The van der Waals surface area contributed by atoms with Crippen molar-refractivity contribution in [2.24, 2.45) is 11.5 Å². The second-order valence-electron chi connectivity index (χ2n) is 3.78. The van der Waals surface area contributed by atoms with E-state index in [9.17, 15) is 13.2 Å². The second-order valence-corrected chi connectivity index (χ2v) is 5.49. The Kier molecular flexibility index (Phi) is 5.06. The molecule has 1 amide bonds. The monoisotopic (exact) mass is 281 g/mol. The molecule has 0 heterocycles. The maximum Gasteiger partial charge on any atom is 0.241 e. The summed E-state index contributed by atoms with van der Waals surface area (Å²) in [5.41, 5.74) is 10.9. The first kappa shape index (κ1) is 15.2. The number of amides is 1. The summed E-state index contributed by atoms with van der Waals surface area (Å²) in [5, 5.41) is 0. The lowest BCUT2D eigenvalue weighted by Gasteiger charge is -2.10. The Balaban J connectivity index is 2.94. The number of hydrogen-bond acceptors (Lipinski definition) is 4. The molecule has 1 rings (SSSR count). The number of primary amides is 1. The lowest BCUT2D eigenvalue weighted by molar-refractivity contribution is -0.119. The van der Waals surface area contributed by atoms with Crippen LogP contribution in [0.5, 0.6) is 0 Å². The minimum Gasteiger partial charge on any atom is -0.368 e. The van der Waals surface area contributed by atoms with Crippen LogP contribution in [0.3, 0.4) is 0 Å². The van der Waals surface area contributed by atoms with E-state index in [2.05, 4.69) is 16.6 Å². The molecule has 0 aliphatic rings. The van der Waals surface area contributed by atoms with Crippen LogP contribution in [0.4, 0.5) is 0 Å². The van der Waals surface area contributed by atoms with Gasteiger partial charge in [0.25, 0.3) is 0 Å². The Morgan fingerprint density at radius 3 is 2.42 bits per heavy atom. The van der Waals surface area contributed by atoms with Crippen molar-refractivity contribution in [1.29, 1.82) is 0 Å². The molecule has 0 bridgehead atoms. The Morgan fingerprint density at radius 2 is 1.95 bits per heavy atom. The van der Waals surface area contributed by atoms with Gasteiger partial charge in [0.1, 0.15) is 0 Å². The van der Waals surface area contributed by atoms with Gasteiger partial charge >= 0.3 is 0 Å². The smallest absolute Gasteiger partial charge is 0.241 e. The van der Waals surface area contributed by atoms with Crippen LogP contribution in [0.25, 0.3) is 0 Å². The van der Waals surface area contributed by atoms with E-state index in [1.807, 2.05) is 0 Å². The van der Waals surface area contributed by atoms with E-state index >= 15 is 0 Å². The van der Waals surface area contributed by atoms with Gasteiger partial charge in [-0.1, -0.05) is 11.8 Å². The molecule has 0 radical (unpaired) electrons. The normalized spacial score (nSPS) is 12.3. The molecular weight excluding hydrogens is 266 g/mol. The molecule has 0 saturated carbocycles. The summed E-state index contributed by atoms with van der Waals surface area (Å²) >= 11 is 0. The minimum absolute atomic E-state index is 0.0406. The van der Waals surface area contributed by atoms with Gasteiger partial charge in [0.15, 0.2) is 0 Å². The number of carbonyl (C=O) groups is 1. The maximum absolute atomic E-state index is 11.9. The Morgan fingerprint density at radius 1 is 1.37 bits per heavy atom. The number of nitrogens with two attached hydrogens (primary N) is 2. The van der Waals surface area contributed by atoms with E-state index in [0.29, 0.717) is 5.56 Å². The molecule has 19 heavy (non-hydrogen) atoms. The van der Waals surface area contributed by atoms with Crippen LogP contribution in [0.2, 0.25) is 0 Å². The highest BCUT2D eigenvalue weighted by Crippen LogP contribution is 2.10. The Labute approximate surface area is 112 Å². The summed E-state index contributed by atoms with van der Waals surface area (Å²) in [6.07, 6.45) is 0. The van der Waals surface area contributed by atoms with Gasteiger partial charge in [0.05, 0.1) is 17.5 Å². The lowest BCUT2D eigenvalue weighted by Crippen LogP contribution is -2.42. The van der Waals surface area contributed by atoms with Crippen LogP contribution in [0, 0.1) is 11.8 Å². The molecule has 5 N–H and O–H groups in total. The van der Waals surface area contributed by atoms with Crippen molar-refractivity contribution in [3.8, 4) is 11.8 Å². The van der Waals surface area contributed by atoms with E-state index in [4.69, 9.17) is 11.5 Å². The number of rotatable bonds is 4. The zero-order chi connectivity index (χ0) is 14.5. The molecule has 0 saturated heterocycles. The first-order chi connectivity index (χ1) is 8.86. The molecule has 1 aromatic rings. The fraction of sp³-hybridized carbons (Fsp3) is 0.250. The molecule has 0 aliphatic carbocycles. The highest BCUT2D eigenvalue weighted by molar-refractivity contribution is 7.89. The number of nitrogens with one attached hydrogen (secondary N) is 1. The van der Waals surface area contributed by atoms with E-state index in [1.165, 1.54) is 19.1 Å². The van der Waals surface area contributed by atoms with E-state index in [0.717, 1.165) is 0 Å². The van der Waals surface area contributed by atoms with E-state index in [1.54, 1.807) is 12.1 Å². The molecule has 7 heteroatoms. The fourth-order valence-electron chi connectivity index (χ4n) is 1.23. The second kappa shape index (κ2) is 6.33. The molecule has 6 nitrogen and oxygen atoms in total. The van der Waals surface area contributed by atoms with Crippen LogP contribution < -0.4 is 16.2 Å². The van der Waals surface area contributed by atoms with Crippen LogP contribution in [0.15, 0.2) is 29.2 Å². The third-order valence-corrected chi connectivity index (χ3v) is 3.81. The van der Waals surface area contributed by atoms with Gasteiger partial charge in [0.2, 0.25) is 15.9 Å². The number of sulfonamides is 1. The summed E-state index contributed by atoms with van der Waals surface area (Å²) in [4.78, 5) is 10.9. The molecule has 0 aliphatic heterocycles. The van der Waals surface area contributed by atoms with Crippen molar-refractivity contribution in [3.63, 3.8) is 0 Å². The van der Waals surface area contributed by atoms with Crippen molar-refractivity contribution in [2.45, 2.75) is 17.9 Å². The fourth-order valence-corrected chi connectivity index (χ4v) is 2.44. The summed E-state index contributed by atoms with van der Waals surface area (Å²) < 4.78 is 26.0. The van der Waals surface area contributed by atoms with Crippen molar-refractivity contribution in [2.75, 3.05) is 6.54 Å². The molecule has 0 fully saturated rings. The van der Waals surface area contributed by atoms with Crippen molar-refractivity contribution in [1.82, 2.24) is 4.72 Å². The topological polar surface area (TPSA) is 115 Å². The Hall–Kier alpha value is -1.88. The van der Waals surface area contributed by atoms with Crippen LogP contribution in [-0.2, 0) is 14.8 Å². The number of hydrogen-bond donors (Lipinski definition) is 3. The first-order valence-electron chi connectivity index (χ1n) is 5.47. The van der Waals surface area contributed by atoms with Gasteiger partial charge in [-0.15, -0.1) is 0 Å². The molecule has 1 unspecified atom stereocenters. The van der Waals surface area contributed by atoms with Gasteiger partial charge in [-0.3, -0.25) is 4.79 Å². The summed E-state index contributed by atoms with van der Waals surface area (Å²) in [5.74, 6) is 4.70. The van der Waals surface area contributed by atoms with Crippen LogP contribution >= 0.6 is 0 Å². The van der Waals surface area contributed by atoms with Crippen LogP contribution in [-0.4, -0.2) is 26.9 Å². The highest BCUT2D eigenvalue weighted by Gasteiger charge is 2.19. The maximum atomic E-state index is 11.9. The molecule has 1 atom stereocenters. The molecule has 0 aromatic heterocycles. The number of carbonyl (C=O) groups excluding carboxylic acids is 1. The first-order valence-corrected chi connectivity index (χ1v) is 6.96. The standard InChI is InChI=1S/C12H15N3O3S/c1-9(12(14)16)15-19(17,18)11-6-4-10(5-7-11)3-2-8-13/h4-7,9,15H,8,13H2,1H3,(H2,14,16). The summed E-state index contributed by atoms with van der Waals surface area (Å²) in [6, 6.07) is 4.95. The van der Waals surface area contributed by atoms with Crippen LogP contribution in [0.1, 0.15) is 12.5 Å². The van der Waals surface area contributed by atoms with E-state index < -0.39 is 22.0 Å². The largest absolute Gasteiger partial charge is 0.368 e. The summed E-state index contributed by atoms with van der Waals surface area (Å²) in [7, 11) is -3.77. The third kappa shape index (κ3) is 4.37. The van der Waals surface area contributed by atoms with Gasteiger partial charge in [0, 0.05) is 5.56 Å². The Bertz CT molecular complexity index is 612. The van der Waals surface area contributed by atoms with Crippen molar-refractivity contribution < 1.29 is 13.2 Å².